The number of hydrogen-bond donors (Lipinski definition) is 1. The lowest BCUT2D eigenvalue weighted by atomic mass is 10.1. The Balaban J connectivity index is 0.000000605. The first-order chi connectivity index (χ1) is 4.86. The summed E-state index contributed by atoms with van der Waals surface area (Å²) in [5.74, 6) is 1.02. The molecule has 1 atom stereocenters. The Kier molecular flexibility index (Phi) is 3.16. The van der Waals surface area contributed by atoms with Gasteiger partial charge in [0.05, 0.1) is 0 Å². The predicted molar refractivity (Wildman–Crippen MR) is 49.3 cm³/mol. The lowest BCUT2D eigenvalue weighted by Crippen LogP contribution is -2.49. The van der Waals surface area contributed by atoms with E-state index in [2.05, 4.69) is 17.3 Å². The number of halogens is 1. The van der Waals surface area contributed by atoms with Gasteiger partial charge in [-0.05, 0) is 25.8 Å². The van der Waals surface area contributed by atoms with Gasteiger partial charge in [0.1, 0.15) is 0 Å². The highest BCUT2D eigenvalue weighted by atomic mass is 35.5. The number of rotatable bonds is 1. The van der Waals surface area contributed by atoms with Gasteiger partial charge in [-0.15, -0.1) is 12.4 Å². The van der Waals surface area contributed by atoms with Crippen LogP contribution in [-0.4, -0.2) is 37.6 Å². The van der Waals surface area contributed by atoms with E-state index in [-0.39, 0.29) is 12.4 Å². The summed E-state index contributed by atoms with van der Waals surface area (Å²) in [4.78, 5) is 2.43. The van der Waals surface area contributed by atoms with Gasteiger partial charge in [0.2, 0.25) is 0 Å². The zero-order chi connectivity index (χ0) is 6.97. The first-order valence-corrected chi connectivity index (χ1v) is 4.28. The maximum Gasteiger partial charge on any atom is 0.0223 e. The van der Waals surface area contributed by atoms with Crippen molar-refractivity contribution in [2.75, 3.05) is 26.7 Å². The van der Waals surface area contributed by atoms with E-state index in [4.69, 9.17) is 0 Å². The van der Waals surface area contributed by atoms with Gasteiger partial charge < -0.3 is 10.2 Å². The molecule has 2 nitrogen and oxygen atoms in total. The molecule has 1 N–H and O–H groups in total. The van der Waals surface area contributed by atoms with Gasteiger partial charge in [-0.25, -0.2) is 0 Å². The highest BCUT2D eigenvalue weighted by molar-refractivity contribution is 5.85. The highest BCUT2D eigenvalue weighted by Crippen LogP contribution is 2.33. The van der Waals surface area contributed by atoms with Crippen molar-refractivity contribution in [1.82, 2.24) is 10.2 Å². The van der Waals surface area contributed by atoms with E-state index in [0.29, 0.717) is 0 Å². The summed E-state index contributed by atoms with van der Waals surface area (Å²) in [5, 5.41) is 3.57. The van der Waals surface area contributed by atoms with E-state index in [0.717, 1.165) is 12.0 Å². The number of likely N-dealkylation sites (N-methyl/N-ethyl adjacent to an activating group) is 1. The lowest BCUT2D eigenvalue weighted by molar-refractivity contribution is 0.224. The van der Waals surface area contributed by atoms with Crippen LogP contribution in [0.2, 0.25) is 0 Å². The van der Waals surface area contributed by atoms with E-state index in [9.17, 15) is 0 Å². The summed E-state index contributed by atoms with van der Waals surface area (Å²) in [6.07, 6.45) is 2.93. The van der Waals surface area contributed by atoms with Crippen LogP contribution in [0.25, 0.3) is 0 Å². The number of nitrogens with one attached hydrogen (secondary N) is 1. The smallest absolute Gasteiger partial charge is 0.0223 e. The molecule has 1 saturated heterocycles. The van der Waals surface area contributed by atoms with Crippen molar-refractivity contribution >= 4 is 12.4 Å². The monoisotopic (exact) mass is 176 g/mol. The molecule has 3 heteroatoms. The zero-order valence-electron chi connectivity index (χ0n) is 7.05. The van der Waals surface area contributed by atoms with Gasteiger partial charge in [0.15, 0.2) is 0 Å². The van der Waals surface area contributed by atoms with Crippen LogP contribution in [0.4, 0.5) is 0 Å². The molecule has 0 bridgehead atoms. The molecule has 1 aliphatic heterocycles. The van der Waals surface area contributed by atoms with Crippen LogP contribution in [-0.2, 0) is 0 Å². The van der Waals surface area contributed by atoms with Crippen molar-refractivity contribution in [3.63, 3.8) is 0 Å². The summed E-state index contributed by atoms with van der Waals surface area (Å²) in [7, 11) is 2.22. The van der Waals surface area contributed by atoms with Crippen molar-refractivity contribution < 1.29 is 0 Å². The maximum absolute atomic E-state index is 3.57. The molecule has 1 unspecified atom stereocenters. The Morgan fingerprint density at radius 2 is 2.09 bits per heavy atom. The van der Waals surface area contributed by atoms with Crippen LogP contribution < -0.4 is 5.32 Å². The van der Waals surface area contributed by atoms with Gasteiger partial charge in [-0.2, -0.15) is 0 Å². The molecule has 0 spiro atoms. The van der Waals surface area contributed by atoms with E-state index >= 15 is 0 Å². The summed E-state index contributed by atoms with van der Waals surface area (Å²) in [5.41, 5.74) is 0. The largest absolute Gasteiger partial charge is 0.311 e. The third kappa shape index (κ3) is 2.32. The summed E-state index contributed by atoms with van der Waals surface area (Å²) < 4.78 is 0. The Morgan fingerprint density at radius 1 is 1.36 bits per heavy atom. The Bertz CT molecular complexity index is 125. The van der Waals surface area contributed by atoms with Gasteiger partial charge in [-0.3, -0.25) is 0 Å². The molecule has 0 radical (unpaired) electrons. The summed E-state index contributed by atoms with van der Waals surface area (Å²) in [6, 6.07) is 0.818. The second-order valence-corrected chi connectivity index (χ2v) is 3.66. The quantitative estimate of drug-likeness (QED) is 0.634. The van der Waals surface area contributed by atoms with Crippen LogP contribution in [0.1, 0.15) is 12.8 Å². The minimum atomic E-state index is 0. The standard InChI is InChI=1S/C8H16N2.ClH/c1-10-5-4-9-8(6-10)7-2-3-7;/h7-9H,2-6H2,1H3;1H. The van der Waals surface area contributed by atoms with E-state index in [1.165, 1.54) is 32.5 Å². The lowest BCUT2D eigenvalue weighted by Gasteiger charge is -2.30. The molecule has 2 aliphatic rings. The van der Waals surface area contributed by atoms with Crippen LogP contribution in [0.3, 0.4) is 0 Å². The zero-order valence-corrected chi connectivity index (χ0v) is 7.86. The van der Waals surface area contributed by atoms with Gasteiger partial charge >= 0.3 is 0 Å². The molecule has 0 aromatic heterocycles. The minimum Gasteiger partial charge on any atom is -0.311 e. The van der Waals surface area contributed by atoms with Gasteiger partial charge in [-0.1, -0.05) is 0 Å². The van der Waals surface area contributed by atoms with Crippen molar-refractivity contribution in [2.24, 2.45) is 5.92 Å². The third-order valence-corrected chi connectivity index (χ3v) is 2.60. The average molecular weight is 177 g/mol. The van der Waals surface area contributed by atoms with Crippen molar-refractivity contribution in [3.8, 4) is 0 Å². The fraction of sp³-hybridized carbons (Fsp3) is 1.00. The molecule has 0 aromatic rings. The minimum absolute atomic E-state index is 0. The van der Waals surface area contributed by atoms with E-state index in [1.807, 2.05) is 0 Å². The summed E-state index contributed by atoms with van der Waals surface area (Å²) >= 11 is 0. The van der Waals surface area contributed by atoms with Crippen LogP contribution >= 0.6 is 12.4 Å². The van der Waals surface area contributed by atoms with Crippen molar-refractivity contribution in [1.29, 1.82) is 0 Å². The third-order valence-electron chi connectivity index (χ3n) is 2.60. The molecule has 66 valence electrons. The molecule has 1 aliphatic carbocycles. The van der Waals surface area contributed by atoms with Crippen LogP contribution in [0.15, 0.2) is 0 Å². The predicted octanol–water partition coefficient (Wildman–Crippen LogP) is 0.722. The van der Waals surface area contributed by atoms with E-state index < -0.39 is 0 Å². The SMILES string of the molecule is CN1CCNC(C2CC2)C1.Cl. The Hall–Kier alpha value is 0.210. The molecule has 0 aromatic carbocycles. The molecule has 0 amide bonds. The Morgan fingerprint density at radius 3 is 2.64 bits per heavy atom. The molecule has 11 heavy (non-hydrogen) atoms. The second kappa shape index (κ2) is 3.74. The van der Waals surface area contributed by atoms with Gasteiger partial charge in [0.25, 0.3) is 0 Å². The maximum atomic E-state index is 3.57. The average Bonchev–Trinajstić information content (AvgIpc) is 2.68. The number of piperazine rings is 1. The first-order valence-electron chi connectivity index (χ1n) is 4.28. The van der Waals surface area contributed by atoms with Crippen molar-refractivity contribution in [3.05, 3.63) is 0 Å². The molecule has 2 fully saturated rings. The summed E-state index contributed by atoms with van der Waals surface area (Å²) in [6.45, 7) is 3.69. The Labute approximate surface area is 74.7 Å². The number of nitrogens with zero attached hydrogens (tertiary/aromatic N) is 1. The molecule has 2 rings (SSSR count). The van der Waals surface area contributed by atoms with Crippen LogP contribution in [0.5, 0.6) is 0 Å². The molecular formula is C8H17ClN2. The highest BCUT2D eigenvalue weighted by Gasteiger charge is 2.32. The molecular weight excluding hydrogens is 160 g/mol. The second-order valence-electron chi connectivity index (χ2n) is 3.66. The van der Waals surface area contributed by atoms with Crippen LogP contribution in [0, 0.1) is 5.92 Å². The molecule has 1 heterocycles. The topological polar surface area (TPSA) is 15.3 Å². The molecule has 1 saturated carbocycles. The first kappa shape index (κ1) is 9.30. The normalized spacial score (nSPS) is 33.0. The van der Waals surface area contributed by atoms with E-state index in [1.54, 1.807) is 0 Å². The number of hydrogen-bond acceptors (Lipinski definition) is 2. The van der Waals surface area contributed by atoms with Crippen molar-refractivity contribution in [2.45, 2.75) is 18.9 Å². The van der Waals surface area contributed by atoms with Gasteiger partial charge in [0, 0.05) is 25.7 Å². The fourth-order valence-electron chi connectivity index (χ4n) is 1.75. The fourth-order valence-corrected chi connectivity index (χ4v) is 1.75.